The molecule has 1 fully saturated rings. The van der Waals surface area contributed by atoms with Crippen molar-refractivity contribution in [1.29, 1.82) is 0 Å². The SMILES string of the molecule is CN1CCN(c2ccc(Nc3ncc4c(=O)n(-c5ccc(C(F)(F)F)cc5Cl)c5nccn5c4n3)cc2)CC1. The van der Waals surface area contributed by atoms with Crippen LogP contribution in [0.15, 0.2) is 65.8 Å². The molecule has 0 amide bonds. The Labute approximate surface area is 225 Å². The maximum Gasteiger partial charge on any atom is 0.416 e. The van der Waals surface area contributed by atoms with Crippen molar-refractivity contribution in [2.45, 2.75) is 6.18 Å². The Morgan fingerprint density at radius 3 is 2.44 bits per heavy atom. The van der Waals surface area contributed by atoms with Crippen LogP contribution in [0.4, 0.5) is 30.5 Å². The van der Waals surface area contributed by atoms with Crippen LogP contribution in [0.1, 0.15) is 5.56 Å². The van der Waals surface area contributed by atoms with Crippen molar-refractivity contribution < 1.29 is 13.2 Å². The highest BCUT2D eigenvalue weighted by atomic mass is 35.5. The van der Waals surface area contributed by atoms with Crippen LogP contribution in [0.3, 0.4) is 0 Å². The summed E-state index contributed by atoms with van der Waals surface area (Å²) in [5.41, 5.74) is 0.789. The number of nitrogens with one attached hydrogen (secondary N) is 1. The molecule has 1 saturated heterocycles. The van der Waals surface area contributed by atoms with Gasteiger partial charge in [-0.25, -0.2) is 14.5 Å². The van der Waals surface area contributed by atoms with Gasteiger partial charge in [-0.05, 0) is 49.5 Å². The van der Waals surface area contributed by atoms with Gasteiger partial charge in [0.15, 0.2) is 5.65 Å². The third kappa shape index (κ3) is 4.66. The number of aromatic nitrogens is 5. The molecule has 0 unspecified atom stereocenters. The number of imidazole rings is 1. The van der Waals surface area contributed by atoms with E-state index in [2.05, 4.69) is 37.1 Å². The second kappa shape index (κ2) is 9.54. The van der Waals surface area contributed by atoms with E-state index in [9.17, 15) is 18.0 Å². The van der Waals surface area contributed by atoms with Crippen LogP contribution < -0.4 is 15.8 Å². The standard InChI is InChI=1S/C26H22ClF3N8O/c1-35-10-12-36(13-11-35)18-5-3-17(4-6-18)33-24-32-15-19-22(34-24)37-9-8-31-25(37)38(23(19)39)21-7-2-16(14-20(21)27)26(28,29)30/h2-9,14-15H,10-13H2,1H3,(H,32,33,34). The number of piperazine rings is 1. The van der Waals surface area contributed by atoms with E-state index in [4.69, 9.17) is 11.6 Å². The molecule has 6 rings (SSSR count). The Balaban J connectivity index is 1.35. The number of fused-ring (bicyclic) bond motifs is 3. The van der Waals surface area contributed by atoms with E-state index in [-0.39, 0.29) is 27.8 Å². The van der Waals surface area contributed by atoms with Crippen molar-refractivity contribution in [3.63, 3.8) is 0 Å². The van der Waals surface area contributed by atoms with Crippen LogP contribution in [0.25, 0.3) is 22.5 Å². The summed E-state index contributed by atoms with van der Waals surface area (Å²) in [4.78, 5) is 31.2. The van der Waals surface area contributed by atoms with Crippen molar-refractivity contribution in [2.24, 2.45) is 0 Å². The Kier molecular flexibility index (Phi) is 6.15. The maximum absolute atomic E-state index is 13.5. The molecular formula is C26H22ClF3N8O. The second-order valence-corrected chi connectivity index (χ2v) is 9.70. The van der Waals surface area contributed by atoms with Crippen LogP contribution in [-0.2, 0) is 6.18 Å². The smallest absolute Gasteiger partial charge is 0.369 e. The minimum absolute atomic E-state index is 0.0652. The highest BCUT2D eigenvalue weighted by Crippen LogP contribution is 2.33. The first kappa shape index (κ1) is 25.1. The average Bonchev–Trinajstić information content (AvgIpc) is 3.40. The van der Waals surface area contributed by atoms with Gasteiger partial charge in [-0.15, -0.1) is 0 Å². The van der Waals surface area contributed by atoms with Crippen molar-refractivity contribution >= 4 is 45.7 Å². The van der Waals surface area contributed by atoms with Gasteiger partial charge in [0.25, 0.3) is 5.56 Å². The molecule has 1 aliphatic rings. The Hall–Kier alpha value is -4.16. The number of hydrogen-bond donors (Lipinski definition) is 1. The molecule has 0 saturated carbocycles. The zero-order chi connectivity index (χ0) is 27.3. The molecule has 4 heterocycles. The number of nitrogens with zero attached hydrogens (tertiary/aromatic N) is 7. The molecule has 1 aliphatic heterocycles. The summed E-state index contributed by atoms with van der Waals surface area (Å²) >= 11 is 6.20. The van der Waals surface area contributed by atoms with Gasteiger partial charge in [0.1, 0.15) is 5.39 Å². The van der Waals surface area contributed by atoms with Gasteiger partial charge in [-0.2, -0.15) is 18.2 Å². The van der Waals surface area contributed by atoms with Gasteiger partial charge >= 0.3 is 6.18 Å². The first-order valence-electron chi connectivity index (χ1n) is 12.1. The quantitative estimate of drug-likeness (QED) is 0.348. The number of rotatable bonds is 4. The fourth-order valence-corrected chi connectivity index (χ4v) is 4.90. The molecule has 0 radical (unpaired) electrons. The number of hydrogen-bond acceptors (Lipinski definition) is 7. The summed E-state index contributed by atoms with van der Waals surface area (Å²) in [5, 5.41) is 3.07. The summed E-state index contributed by atoms with van der Waals surface area (Å²) in [6, 6.07) is 10.8. The summed E-state index contributed by atoms with van der Waals surface area (Å²) in [6.45, 7) is 3.96. The van der Waals surface area contributed by atoms with Gasteiger partial charge in [0.05, 0.1) is 16.3 Å². The van der Waals surface area contributed by atoms with E-state index in [1.165, 1.54) is 12.4 Å². The van der Waals surface area contributed by atoms with Gasteiger partial charge in [-0.3, -0.25) is 9.20 Å². The zero-order valence-corrected chi connectivity index (χ0v) is 21.4. The Morgan fingerprint density at radius 2 is 1.74 bits per heavy atom. The molecule has 0 bridgehead atoms. The number of benzene rings is 2. The second-order valence-electron chi connectivity index (χ2n) is 9.29. The number of likely N-dealkylation sites (N-methyl/N-ethyl adjacent to an activating group) is 1. The lowest BCUT2D eigenvalue weighted by Gasteiger charge is -2.34. The van der Waals surface area contributed by atoms with Crippen molar-refractivity contribution in [3.8, 4) is 5.69 Å². The third-order valence-electron chi connectivity index (χ3n) is 6.76. The summed E-state index contributed by atoms with van der Waals surface area (Å²) < 4.78 is 42.1. The molecule has 9 nitrogen and oxygen atoms in total. The highest BCUT2D eigenvalue weighted by molar-refractivity contribution is 6.32. The lowest BCUT2D eigenvalue weighted by atomic mass is 10.2. The van der Waals surface area contributed by atoms with Gasteiger partial charge in [-0.1, -0.05) is 11.6 Å². The van der Waals surface area contributed by atoms with Gasteiger partial charge in [0, 0.05) is 56.1 Å². The van der Waals surface area contributed by atoms with E-state index in [1.807, 2.05) is 24.3 Å². The molecular weight excluding hydrogens is 533 g/mol. The zero-order valence-electron chi connectivity index (χ0n) is 20.7. The van der Waals surface area contributed by atoms with E-state index >= 15 is 0 Å². The predicted octanol–water partition coefficient (Wildman–Crippen LogP) is 4.60. The monoisotopic (exact) mass is 554 g/mol. The first-order valence-corrected chi connectivity index (χ1v) is 12.5. The molecule has 0 atom stereocenters. The molecule has 0 aliphatic carbocycles. The first-order chi connectivity index (χ1) is 18.7. The topological polar surface area (TPSA) is 83.6 Å². The van der Waals surface area contributed by atoms with Gasteiger partial charge < -0.3 is 15.1 Å². The lowest BCUT2D eigenvalue weighted by molar-refractivity contribution is -0.137. The Morgan fingerprint density at radius 1 is 1.00 bits per heavy atom. The van der Waals surface area contributed by atoms with E-state index in [1.54, 1.807) is 10.6 Å². The largest absolute Gasteiger partial charge is 0.416 e. The van der Waals surface area contributed by atoms with Crippen molar-refractivity contribution in [3.05, 3.63) is 82.0 Å². The predicted molar refractivity (Wildman–Crippen MR) is 143 cm³/mol. The fraction of sp³-hybridized carbons (Fsp3) is 0.231. The normalized spacial score (nSPS) is 14.8. The summed E-state index contributed by atoms with van der Waals surface area (Å²) in [6.07, 6.45) is -0.122. The van der Waals surface area contributed by atoms with Crippen molar-refractivity contribution in [1.82, 2.24) is 28.8 Å². The fourth-order valence-electron chi connectivity index (χ4n) is 4.64. The minimum atomic E-state index is -4.57. The Bertz CT molecular complexity index is 1740. The van der Waals surface area contributed by atoms with Crippen LogP contribution in [0, 0.1) is 0 Å². The minimum Gasteiger partial charge on any atom is -0.369 e. The van der Waals surface area contributed by atoms with Crippen molar-refractivity contribution in [2.75, 3.05) is 43.4 Å². The molecule has 1 N–H and O–H groups in total. The number of halogens is 4. The van der Waals surface area contributed by atoms with Crippen LogP contribution in [-0.4, -0.2) is 62.0 Å². The maximum atomic E-state index is 13.5. The lowest BCUT2D eigenvalue weighted by Crippen LogP contribution is -2.44. The number of anilines is 3. The number of alkyl halides is 3. The molecule has 0 spiro atoms. The molecule has 2 aromatic carbocycles. The van der Waals surface area contributed by atoms with Crippen LogP contribution in [0.2, 0.25) is 5.02 Å². The molecule has 3 aromatic heterocycles. The van der Waals surface area contributed by atoms with E-state index in [0.29, 0.717) is 5.65 Å². The molecule has 39 heavy (non-hydrogen) atoms. The summed E-state index contributed by atoms with van der Waals surface area (Å²) in [5.74, 6) is 0.421. The molecule has 13 heteroatoms. The molecule has 5 aromatic rings. The summed E-state index contributed by atoms with van der Waals surface area (Å²) in [7, 11) is 2.12. The molecule has 200 valence electrons. The highest BCUT2D eigenvalue weighted by Gasteiger charge is 2.31. The average molecular weight is 555 g/mol. The van der Waals surface area contributed by atoms with E-state index < -0.39 is 17.3 Å². The van der Waals surface area contributed by atoms with E-state index in [0.717, 1.165) is 60.3 Å². The van der Waals surface area contributed by atoms with Crippen LogP contribution >= 0.6 is 11.6 Å². The van der Waals surface area contributed by atoms with Gasteiger partial charge in [0.2, 0.25) is 11.7 Å². The third-order valence-corrected chi connectivity index (χ3v) is 7.06. The van der Waals surface area contributed by atoms with Crippen LogP contribution in [0.5, 0.6) is 0 Å².